The SMILES string of the molecule is CN[C@H](C(=O)C[C@@H](CCCCNC(=O)CCOCCOCCOCCOCCC(=O)NCCS(=O)(=O)[O-])C(C)=O)C(C)C.CN[C@H](C(=O)C[C@@H](CCCCNC(=O)[C@H]1O[C@@H](OC)[C@H](O)[C@@H](O)[C@@H]1O)C(C)=O)C(C)C.[Na+]. The molecule has 0 bridgehead atoms. The number of nitrogens with one attached hydrogen (secondary N) is 5. The first-order valence-electron chi connectivity index (χ1n) is 25.6. The van der Waals surface area contributed by atoms with Gasteiger partial charge in [-0.1, -0.05) is 40.5 Å². The van der Waals surface area contributed by atoms with Crippen molar-refractivity contribution < 1.29 is 120 Å². The Morgan fingerprint density at radius 2 is 0.973 bits per heavy atom. The van der Waals surface area contributed by atoms with E-state index in [1.165, 1.54) is 21.0 Å². The number of hydrogen-bond acceptors (Lipinski definition) is 21. The molecule has 1 rings (SSSR count). The number of Topliss-reactive ketones (excluding diaryl/α,β-unsaturated/α-hetero) is 4. The van der Waals surface area contributed by atoms with Crippen LogP contribution in [0.3, 0.4) is 0 Å². The summed E-state index contributed by atoms with van der Waals surface area (Å²) in [7, 11) is 0.396. The summed E-state index contributed by atoms with van der Waals surface area (Å²) in [6.45, 7) is 13.8. The summed E-state index contributed by atoms with van der Waals surface area (Å²) in [6, 6.07) is -0.535. The Morgan fingerprint density at radius 1 is 0.587 bits per heavy atom. The Morgan fingerprint density at radius 3 is 1.33 bits per heavy atom. The molecule has 1 fully saturated rings. The monoisotopic (exact) mass is 1110 g/mol. The van der Waals surface area contributed by atoms with Crippen LogP contribution >= 0.6 is 0 Å². The van der Waals surface area contributed by atoms with E-state index in [-0.39, 0.29) is 153 Å². The van der Waals surface area contributed by atoms with Crippen molar-refractivity contribution in [3.63, 3.8) is 0 Å². The maximum Gasteiger partial charge on any atom is 1.00 e. The van der Waals surface area contributed by atoms with Gasteiger partial charge in [-0.25, -0.2) is 8.42 Å². The number of amides is 3. The summed E-state index contributed by atoms with van der Waals surface area (Å²) in [5.74, 6) is -2.08. The first kappa shape index (κ1) is 74.6. The van der Waals surface area contributed by atoms with Crippen LogP contribution in [0, 0.1) is 23.7 Å². The minimum atomic E-state index is -4.34. The second-order valence-corrected chi connectivity index (χ2v) is 20.3. The zero-order valence-corrected chi connectivity index (χ0v) is 49.0. The standard InChI is InChI=1S/C28H53N3O11S.C21H38N2O8.Na/c1-22(2)28(29-4)25(33)21-24(23(3)32)7-5-6-10-30-26(34)8-12-39-14-16-41-18-19-42-17-15-40-13-9-27(35)31-11-20-43(36,37)38;1-11(2)15(22-4)14(25)10-13(12(3)24)8-6-7-9-23-20(29)19-17(27)16(26)18(28)21(30-5)31-19;/h22,24,28-29H,5-21H2,1-4H3,(H,30,34)(H,31,35)(H,36,37,38);11,13,15-19,21-22,26-28H,6-10H2,1-5H3,(H,23,29);/q;;+1/p-1/t24-,28+;13-,15+,16+,17+,18-,19+,21-;/m11./s1. The average Bonchev–Trinajstić information content (AvgIpc) is 3.32. The first-order valence-corrected chi connectivity index (χ1v) is 27.2. The summed E-state index contributed by atoms with van der Waals surface area (Å²) >= 11 is 0. The number of unbranched alkanes of at least 4 members (excludes halogenated alkanes) is 2. The van der Waals surface area contributed by atoms with Gasteiger partial charge in [-0.2, -0.15) is 0 Å². The maximum absolute atomic E-state index is 12.5. The van der Waals surface area contributed by atoms with Gasteiger partial charge < -0.3 is 74.9 Å². The fourth-order valence-corrected chi connectivity index (χ4v) is 8.14. The molecule has 1 aliphatic heterocycles. The normalized spacial score (nSPS) is 19.2. The van der Waals surface area contributed by atoms with Gasteiger partial charge in [0.25, 0.3) is 5.91 Å². The van der Waals surface area contributed by atoms with E-state index in [0.29, 0.717) is 65.3 Å². The molecule has 0 aromatic carbocycles. The Labute approximate surface area is 466 Å². The number of carbonyl (C=O) groups excluding carboxylic acids is 7. The predicted octanol–water partition coefficient (Wildman–Crippen LogP) is -3.67. The maximum atomic E-state index is 12.5. The van der Waals surface area contributed by atoms with E-state index in [0.717, 1.165) is 12.8 Å². The Bertz CT molecular complexity index is 1750. The molecule has 0 spiro atoms. The van der Waals surface area contributed by atoms with Crippen molar-refractivity contribution in [1.29, 1.82) is 0 Å². The van der Waals surface area contributed by atoms with Gasteiger partial charge >= 0.3 is 29.6 Å². The fourth-order valence-electron chi connectivity index (χ4n) is 7.78. The topological polar surface area (TPSA) is 353 Å². The third-order valence-electron chi connectivity index (χ3n) is 12.1. The van der Waals surface area contributed by atoms with Crippen LogP contribution in [0.25, 0.3) is 0 Å². The van der Waals surface area contributed by atoms with E-state index in [9.17, 15) is 61.9 Å². The smallest absolute Gasteiger partial charge is 0.748 e. The molecule has 0 radical (unpaired) electrons. The van der Waals surface area contributed by atoms with Gasteiger partial charge in [0.2, 0.25) is 11.8 Å². The molecule has 75 heavy (non-hydrogen) atoms. The summed E-state index contributed by atoms with van der Waals surface area (Å²) in [5, 5.41) is 43.4. The third-order valence-corrected chi connectivity index (χ3v) is 12.8. The molecule has 0 aliphatic carbocycles. The zero-order chi connectivity index (χ0) is 56.2. The van der Waals surface area contributed by atoms with E-state index in [1.54, 1.807) is 14.1 Å². The minimum Gasteiger partial charge on any atom is -0.748 e. The molecule has 1 aliphatic rings. The average molecular weight is 1110 g/mol. The molecule has 0 unspecified atom stereocenters. The largest absolute Gasteiger partial charge is 1.00 e. The molecule has 0 aromatic heterocycles. The molecule has 1 saturated heterocycles. The molecule has 8 N–H and O–H groups in total. The second-order valence-electron chi connectivity index (χ2n) is 18.8. The van der Waals surface area contributed by atoms with E-state index >= 15 is 0 Å². The van der Waals surface area contributed by atoms with Crippen molar-refractivity contribution in [2.75, 3.05) is 99.4 Å². The van der Waals surface area contributed by atoms with Crippen LogP contribution < -0.4 is 56.1 Å². The van der Waals surface area contributed by atoms with Crippen LogP contribution in [0.15, 0.2) is 0 Å². The number of rotatable bonds is 42. The fraction of sp³-hybridized carbons (Fsp3) is 0.857. The van der Waals surface area contributed by atoms with Crippen molar-refractivity contribution in [3.8, 4) is 0 Å². The number of aliphatic hydroxyl groups excluding tert-OH is 3. The molecular weight excluding hydrogens is 1020 g/mol. The summed E-state index contributed by atoms with van der Waals surface area (Å²) in [4.78, 5) is 84.6. The van der Waals surface area contributed by atoms with Crippen molar-refractivity contribution in [1.82, 2.24) is 26.6 Å². The molecule has 0 aromatic rings. The van der Waals surface area contributed by atoms with Crippen LogP contribution in [0.2, 0.25) is 0 Å². The third kappa shape index (κ3) is 34.9. The quantitative estimate of drug-likeness (QED) is 0.0166. The van der Waals surface area contributed by atoms with Gasteiger partial charge in [-0.3, -0.25) is 33.6 Å². The van der Waals surface area contributed by atoms with Crippen LogP contribution in [0.5, 0.6) is 0 Å². The van der Waals surface area contributed by atoms with E-state index in [1.807, 2.05) is 27.7 Å². The predicted molar refractivity (Wildman–Crippen MR) is 270 cm³/mol. The summed E-state index contributed by atoms with van der Waals surface area (Å²) < 4.78 is 62.8. The molecular formula is C49H90N5NaO19S. The summed E-state index contributed by atoms with van der Waals surface area (Å²) in [5.41, 5.74) is 0. The number of hydrogen-bond donors (Lipinski definition) is 8. The van der Waals surface area contributed by atoms with Gasteiger partial charge in [0.05, 0.1) is 80.8 Å². The number of ketones is 4. The second kappa shape index (κ2) is 43.4. The Hall–Kier alpha value is -2.44. The number of carbonyl (C=O) groups is 7. The number of likely N-dealkylation sites (N-methyl/N-ethyl adjacent to an activating group) is 2. The molecule has 26 heteroatoms. The van der Waals surface area contributed by atoms with Gasteiger partial charge in [0, 0.05) is 64.3 Å². The Kier molecular flexibility index (Phi) is 43.2. The van der Waals surface area contributed by atoms with Gasteiger partial charge in [0.1, 0.15) is 29.9 Å². The van der Waals surface area contributed by atoms with Gasteiger partial charge in [0.15, 0.2) is 24.0 Å². The molecule has 24 nitrogen and oxygen atoms in total. The van der Waals surface area contributed by atoms with Gasteiger partial charge in [-0.05, 0) is 65.5 Å². The van der Waals surface area contributed by atoms with Crippen molar-refractivity contribution in [3.05, 3.63) is 0 Å². The van der Waals surface area contributed by atoms with Crippen LogP contribution in [-0.4, -0.2) is 211 Å². The molecule has 3 amide bonds. The zero-order valence-electron chi connectivity index (χ0n) is 46.2. The van der Waals surface area contributed by atoms with Crippen molar-refractivity contribution in [2.45, 2.75) is 149 Å². The van der Waals surface area contributed by atoms with E-state index < -0.39 is 58.4 Å². The number of methoxy groups -OCH3 is 1. The first-order chi connectivity index (χ1) is 34.9. The Balaban J connectivity index is 0. The van der Waals surface area contributed by atoms with Crippen molar-refractivity contribution >= 4 is 51.0 Å². The van der Waals surface area contributed by atoms with E-state index in [2.05, 4.69) is 26.6 Å². The van der Waals surface area contributed by atoms with Crippen LogP contribution in [0.1, 0.15) is 106 Å². The molecule has 9 atom stereocenters. The van der Waals surface area contributed by atoms with Crippen LogP contribution in [-0.2, 0) is 72.1 Å². The molecule has 1 heterocycles. The minimum absolute atomic E-state index is 0. The number of ether oxygens (including phenoxy) is 6. The molecule has 0 saturated carbocycles. The van der Waals surface area contributed by atoms with E-state index in [4.69, 9.17) is 28.4 Å². The van der Waals surface area contributed by atoms with Crippen molar-refractivity contribution in [2.24, 2.45) is 23.7 Å². The van der Waals surface area contributed by atoms with Crippen LogP contribution in [0.4, 0.5) is 0 Å². The van der Waals surface area contributed by atoms with Gasteiger partial charge in [-0.15, -0.1) is 0 Å². The number of aliphatic hydroxyl groups is 3. The summed E-state index contributed by atoms with van der Waals surface area (Å²) in [6.07, 6.45) is -2.70. The molecule has 432 valence electrons.